The van der Waals surface area contributed by atoms with Gasteiger partial charge >= 0.3 is 5.97 Å². The second-order valence-corrected chi connectivity index (χ2v) is 5.86. The largest absolute Gasteiger partial charge is 0.459 e. The summed E-state index contributed by atoms with van der Waals surface area (Å²) in [5.74, 6) is -0.257. The molecule has 96 valence electrons. The van der Waals surface area contributed by atoms with E-state index in [0.717, 1.165) is 15.9 Å². The topological polar surface area (TPSA) is 51.2 Å². The second kappa shape index (κ2) is 4.94. The van der Waals surface area contributed by atoms with Crippen molar-refractivity contribution in [1.82, 2.24) is 4.98 Å². The zero-order valence-electron chi connectivity index (χ0n) is 10.7. The lowest BCUT2D eigenvalue weighted by Crippen LogP contribution is -2.28. The van der Waals surface area contributed by atoms with Crippen LogP contribution < -0.4 is 5.32 Å². The Balaban J connectivity index is 1.95. The number of nitrogens with zero attached hydrogens (tertiary/aromatic N) is 1. The van der Waals surface area contributed by atoms with Crippen LogP contribution in [0.2, 0.25) is 0 Å². The van der Waals surface area contributed by atoms with Crippen molar-refractivity contribution < 1.29 is 9.53 Å². The predicted octanol–water partition coefficient (Wildman–Crippen LogP) is 3.05. The van der Waals surface area contributed by atoms with Crippen molar-refractivity contribution in [3.63, 3.8) is 0 Å². The number of thiazole rings is 1. The van der Waals surface area contributed by atoms with Crippen LogP contribution in [0.25, 0.3) is 10.2 Å². The Morgan fingerprint density at radius 3 is 2.94 bits per heavy atom. The van der Waals surface area contributed by atoms with E-state index in [-0.39, 0.29) is 12.5 Å². The fourth-order valence-corrected chi connectivity index (χ4v) is 2.23. The zero-order valence-corrected chi connectivity index (χ0v) is 11.5. The van der Waals surface area contributed by atoms with Gasteiger partial charge in [0.05, 0.1) is 15.7 Å². The molecule has 0 unspecified atom stereocenters. The van der Waals surface area contributed by atoms with Gasteiger partial charge in [0.15, 0.2) is 0 Å². The average Bonchev–Trinajstić information content (AvgIpc) is 2.71. The van der Waals surface area contributed by atoms with Gasteiger partial charge in [-0.2, -0.15) is 0 Å². The maximum absolute atomic E-state index is 11.6. The van der Waals surface area contributed by atoms with E-state index in [1.165, 1.54) is 0 Å². The van der Waals surface area contributed by atoms with Crippen molar-refractivity contribution in [2.75, 3.05) is 11.9 Å². The Bertz CT molecular complexity index is 557. The molecule has 0 saturated carbocycles. The van der Waals surface area contributed by atoms with Gasteiger partial charge in [0, 0.05) is 5.69 Å². The number of esters is 1. The molecule has 0 fully saturated rings. The fraction of sp³-hybridized carbons (Fsp3) is 0.385. The monoisotopic (exact) mass is 264 g/mol. The number of hydrogen-bond acceptors (Lipinski definition) is 5. The lowest BCUT2D eigenvalue weighted by atomic mass is 10.2. The molecular formula is C13H16N2O2S. The summed E-state index contributed by atoms with van der Waals surface area (Å²) in [5.41, 5.74) is 3.24. The molecule has 1 heterocycles. The van der Waals surface area contributed by atoms with E-state index in [1.54, 1.807) is 11.3 Å². The first kappa shape index (κ1) is 12.8. The van der Waals surface area contributed by atoms with Gasteiger partial charge in [0.25, 0.3) is 0 Å². The first-order chi connectivity index (χ1) is 8.44. The second-order valence-electron chi connectivity index (χ2n) is 4.97. The highest BCUT2D eigenvalue weighted by Gasteiger charge is 2.15. The fourth-order valence-electron chi connectivity index (χ4n) is 1.52. The third kappa shape index (κ3) is 3.43. The molecule has 1 aromatic heterocycles. The summed E-state index contributed by atoms with van der Waals surface area (Å²) >= 11 is 1.58. The predicted molar refractivity (Wildman–Crippen MR) is 74.0 cm³/mol. The van der Waals surface area contributed by atoms with Crippen molar-refractivity contribution >= 4 is 33.2 Å². The molecule has 0 amide bonds. The van der Waals surface area contributed by atoms with E-state index in [9.17, 15) is 4.79 Å². The van der Waals surface area contributed by atoms with Crippen molar-refractivity contribution in [2.45, 2.75) is 26.4 Å². The Morgan fingerprint density at radius 2 is 2.22 bits per heavy atom. The molecule has 1 N–H and O–H groups in total. The third-order valence-electron chi connectivity index (χ3n) is 2.19. The highest BCUT2D eigenvalue weighted by molar-refractivity contribution is 7.16. The quantitative estimate of drug-likeness (QED) is 0.866. The van der Waals surface area contributed by atoms with Gasteiger partial charge in [0.2, 0.25) is 0 Å². The standard InChI is InChI=1S/C13H16N2O2S/c1-13(2,3)17-12(16)7-14-9-4-5-10-11(6-9)18-8-15-10/h4-6,8,14H,7H2,1-3H3. The van der Waals surface area contributed by atoms with Crippen LogP contribution in [0.3, 0.4) is 0 Å². The van der Waals surface area contributed by atoms with Crippen LogP contribution in [0.5, 0.6) is 0 Å². The van der Waals surface area contributed by atoms with Crippen LogP contribution in [0, 0.1) is 0 Å². The number of benzene rings is 1. The third-order valence-corrected chi connectivity index (χ3v) is 2.98. The van der Waals surface area contributed by atoms with Gasteiger partial charge in [-0.15, -0.1) is 11.3 Å². The molecule has 0 aliphatic carbocycles. The molecular weight excluding hydrogens is 248 g/mol. The van der Waals surface area contributed by atoms with Crippen LogP contribution in [0.15, 0.2) is 23.7 Å². The molecule has 2 rings (SSSR count). The number of ether oxygens (including phenoxy) is 1. The average molecular weight is 264 g/mol. The van der Waals surface area contributed by atoms with Crippen molar-refractivity contribution in [3.05, 3.63) is 23.7 Å². The molecule has 0 bridgehead atoms. The maximum Gasteiger partial charge on any atom is 0.325 e. The summed E-state index contributed by atoms with van der Waals surface area (Å²) in [6.45, 7) is 5.73. The minimum absolute atomic E-state index is 0.168. The van der Waals surface area contributed by atoms with E-state index in [1.807, 2.05) is 44.5 Å². The van der Waals surface area contributed by atoms with Crippen LogP contribution in [0.1, 0.15) is 20.8 Å². The summed E-state index contributed by atoms with van der Waals surface area (Å²) in [7, 11) is 0. The molecule has 4 nitrogen and oxygen atoms in total. The van der Waals surface area contributed by atoms with Crippen LogP contribution >= 0.6 is 11.3 Å². The van der Waals surface area contributed by atoms with Gasteiger partial charge in [-0.05, 0) is 39.0 Å². The first-order valence-corrected chi connectivity index (χ1v) is 6.61. The molecule has 0 aliphatic rings. The number of aromatic nitrogens is 1. The molecule has 2 aromatic rings. The van der Waals surface area contributed by atoms with Crippen LogP contribution in [-0.4, -0.2) is 23.1 Å². The van der Waals surface area contributed by atoms with E-state index >= 15 is 0 Å². The number of nitrogens with one attached hydrogen (secondary N) is 1. The SMILES string of the molecule is CC(C)(C)OC(=O)CNc1ccc2ncsc2c1. The van der Waals surface area contributed by atoms with E-state index in [4.69, 9.17) is 4.74 Å². The normalized spacial score (nSPS) is 11.5. The molecule has 0 atom stereocenters. The number of carbonyl (C=O) groups is 1. The van der Waals surface area contributed by atoms with Gasteiger partial charge in [-0.3, -0.25) is 4.79 Å². The lowest BCUT2D eigenvalue weighted by molar-refractivity contribution is -0.152. The molecule has 0 spiro atoms. The van der Waals surface area contributed by atoms with Gasteiger partial charge < -0.3 is 10.1 Å². The molecule has 18 heavy (non-hydrogen) atoms. The van der Waals surface area contributed by atoms with Crippen molar-refractivity contribution in [1.29, 1.82) is 0 Å². The summed E-state index contributed by atoms with van der Waals surface area (Å²) in [6.07, 6.45) is 0. The smallest absolute Gasteiger partial charge is 0.325 e. The molecule has 0 radical (unpaired) electrons. The van der Waals surface area contributed by atoms with Gasteiger partial charge in [-0.1, -0.05) is 0 Å². The van der Waals surface area contributed by atoms with Crippen molar-refractivity contribution in [2.24, 2.45) is 0 Å². The number of hydrogen-bond donors (Lipinski definition) is 1. The Hall–Kier alpha value is -1.62. The Kier molecular flexibility index (Phi) is 3.52. The maximum atomic E-state index is 11.6. The Labute approximate surface area is 110 Å². The van der Waals surface area contributed by atoms with Crippen LogP contribution in [0.4, 0.5) is 5.69 Å². The molecule has 0 saturated heterocycles. The lowest BCUT2D eigenvalue weighted by Gasteiger charge is -2.19. The van der Waals surface area contributed by atoms with E-state index in [0.29, 0.717) is 0 Å². The molecule has 1 aromatic carbocycles. The summed E-state index contributed by atoms with van der Waals surface area (Å²) in [4.78, 5) is 15.8. The van der Waals surface area contributed by atoms with Crippen molar-refractivity contribution in [3.8, 4) is 0 Å². The van der Waals surface area contributed by atoms with Gasteiger partial charge in [0.1, 0.15) is 12.1 Å². The van der Waals surface area contributed by atoms with Crippen LogP contribution in [-0.2, 0) is 9.53 Å². The number of fused-ring (bicyclic) bond motifs is 1. The number of carbonyl (C=O) groups excluding carboxylic acids is 1. The highest BCUT2D eigenvalue weighted by atomic mass is 32.1. The number of rotatable bonds is 3. The summed E-state index contributed by atoms with van der Waals surface area (Å²) in [5, 5.41) is 3.05. The summed E-state index contributed by atoms with van der Waals surface area (Å²) in [6, 6.07) is 5.83. The minimum Gasteiger partial charge on any atom is -0.459 e. The zero-order chi connectivity index (χ0) is 13.2. The molecule has 0 aliphatic heterocycles. The van der Waals surface area contributed by atoms with E-state index in [2.05, 4.69) is 10.3 Å². The first-order valence-electron chi connectivity index (χ1n) is 5.73. The minimum atomic E-state index is -0.444. The highest BCUT2D eigenvalue weighted by Crippen LogP contribution is 2.21. The van der Waals surface area contributed by atoms with E-state index < -0.39 is 5.60 Å². The number of anilines is 1. The molecule has 5 heteroatoms. The van der Waals surface area contributed by atoms with Gasteiger partial charge in [-0.25, -0.2) is 4.98 Å². The Morgan fingerprint density at radius 1 is 1.44 bits per heavy atom. The summed E-state index contributed by atoms with van der Waals surface area (Å²) < 4.78 is 6.32.